The second-order valence-electron chi connectivity index (χ2n) is 2.70. The minimum atomic E-state index is -4.47. The summed E-state index contributed by atoms with van der Waals surface area (Å²) >= 11 is 0. The third-order valence-corrected chi connectivity index (χ3v) is 1.66. The van der Waals surface area contributed by atoms with Crippen LogP contribution in [-0.4, -0.2) is 34.4 Å². The van der Waals surface area contributed by atoms with Gasteiger partial charge in [-0.3, -0.25) is 0 Å². The highest BCUT2D eigenvalue weighted by Crippen LogP contribution is 2.23. The van der Waals surface area contributed by atoms with Crippen molar-refractivity contribution in [3.63, 3.8) is 0 Å². The highest BCUT2D eigenvalue weighted by molar-refractivity contribution is 4.96. The van der Waals surface area contributed by atoms with E-state index in [1.807, 2.05) is 0 Å². The first-order valence-electron chi connectivity index (χ1n) is 3.65. The van der Waals surface area contributed by atoms with Gasteiger partial charge in [0.15, 0.2) is 5.03 Å². The lowest BCUT2D eigenvalue weighted by Gasteiger charge is -2.24. The molecule has 0 aromatic carbocycles. The maximum Gasteiger partial charge on any atom is 0.408 e. The van der Waals surface area contributed by atoms with Crippen molar-refractivity contribution in [2.75, 3.05) is 13.1 Å². The molecule has 0 bridgehead atoms. The van der Waals surface area contributed by atoms with E-state index in [0.29, 0.717) is 10.1 Å². The SMILES string of the molecule is CC1=[C]CN([N+](=O)[O-])N1CC(F)(F)F. The number of hydrazine groups is 2. The molecular weight excluding hydrogens is 203 g/mol. The van der Waals surface area contributed by atoms with Gasteiger partial charge < -0.3 is 0 Å². The van der Waals surface area contributed by atoms with E-state index in [1.54, 1.807) is 0 Å². The summed E-state index contributed by atoms with van der Waals surface area (Å²) in [4.78, 5) is 10.3. The number of alkyl halides is 3. The van der Waals surface area contributed by atoms with Crippen LogP contribution < -0.4 is 0 Å². The van der Waals surface area contributed by atoms with Gasteiger partial charge in [0.1, 0.15) is 13.1 Å². The fourth-order valence-corrected chi connectivity index (χ4v) is 1.05. The van der Waals surface area contributed by atoms with Crippen molar-refractivity contribution in [1.29, 1.82) is 0 Å². The Kier molecular flexibility index (Phi) is 2.54. The van der Waals surface area contributed by atoms with Crippen LogP contribution in [0.5, 0.6) is 0 Å². The lowest BCUT2D eigenvalue weighted by molar-refractivity contribution is -0.692. The summed E-state index contributed by atoms with van der Waals surface area (Å²) in [5, 5.41) is 10.3. The predicted octanol–water partition coefficient (Wildman–Crippen LogP) is 0.980. The Hall–Kier alpha value is -1.47. The van der Waals surface area contributed by atoms with Gasteiger partial charge >= 0.3 is 6.18 Å². The van der Waals surface area contributed by atoms with Gasteiger partial charge in [-0.15, -0.1) is 0 Å². The third-order valence-electron chi connectivity index (χ3n) is 1.66. The third kappa shape index (κ3) is 2.27. The zero-order valence-electron chi connectivity index (χ0n) is 7.21. The van der Waals surface area contributed by atoms with Crippen molar-refractivity contribution < 1.29 is 18.2 Å². The smallest absolute Gasteiger partial charge is 0.233 e. The van der Waals surface area contributed by atoms with E-state index in [0.717, 1.165) is 0 Å². The zero-order chi connectivity index (χ0) is 10.9. The number of hydrogen-bond donors (Lipinski definition) is 0. The molecule has 1 rings (SSSR count). The zero-order valence-corrected chi connectivity index (χ0v) is 7.21. The van der Waals surface area contributed by atoms with E-state index >= 15 is 0 Å². The van der Waals surface area contributed by atoms with Crippen LogP contribution in [0.25, 0.3) is 0 Å². The first-order chi connectivity index (χ1) is 6.31. The van der Waals surface area contributed by atoms with Crippen LogP contribution in [0, 0.1) is 16.2 Å². The van der Waals surface area contributed by atoms with Crippen molar-refractivity contribution in [3.05, 3.63) is 21.9 Å². The van der Waals surface area contributed by atoms with Crippen LogP contribution in [0.15, 0.2) is 5.70 Å². The number of nitrogens with zero attached hydrogens (tertiary/aromatic N) is 3. The quantitative estimate of drug-likeness (QED) is 0.503. The lowest BCUT2D eigenvalue weighted by Crippen LogP contribution is -2.45. The molecule has 0 aromatic heterocycles. The predicted molar refractivity (Wildman–Crippen MR) is 38.9 cm³/mol. The molecule has 0 saturated heterocycles. The first-order valence-corrected chi connectivity index (χ1v) is 3.65. The molecule has 1 aliphatic heterocycles. The number of rotatable bonds is 2. The summed E-state index contributed by atoms with van der Waals surface area (Å²) in [7, 11) is 0. The number of hydrogen-bond acceptors (Lipinski definition) is 3. The van der Waals surface area contributed by atoms with Gasteiger partial charge in [-0.25, -0.2) is 15.1 Å². The molecule has 79 valence electrons. The number of halogens is 3. The Balaban J connectivity index is 2.73. The lowest BCUT2D eigenvalue weighted by atomic mass is 10.4. The van der Waals surface area contributed by atoms with Crippen LogP contribution in [0.4, 0.5) is 13.2 Å². The molecule has 1 aliphatic rings. The molecule has 0 atom stereocenters. The second kappa shape index (κ2) is 3.35. The molecule has 1 radical (unpaired) electrons. The van der Waals surface area contributed by atoms with Gasteiger partial charge in [-0.1, -0.05) is 0 Å². The van der Waals surface area contributed by atoms with Crippen molar-refractivity contribution in [2.24, 2.45) is 0 Å². The molecule has 0 spiro atoms. The highest BCUT2D eigenvalue weighted by atomic mass is 19.4. The Morgan fingerprint density at radius 3 is 2.64 bits per heavy atom. The molecule has 0 amide bonds. The van der Waals surface area contributed by atoms with Crippen LogP contribution in [0.2, 0.25) is 0 Å². The average Bonchev–Trinajstić information content (AvgIpc) is 2.29. The van der Waals surface area contributed by atoms with Crippen LogP contribution in [-0.2, 0) is 0 Å². The van der Waals surface area contributed by atoms with Gasteiger partial charge in [-0.05, 0) is 12.0 Å². The first kappa shape index (κ1) is 10.6. The van der Waals surface area contributed by atoms with Gasteiger partial charge in [0.2, 0.25) is 0 Å². The fraction of sp³-hybridized carbons (Fsp3) is 0.667. The molecule has 1 heterocycles. The van der Waals surface area contributed by atoms with Gasteiger partial charge in [0, 0.05) is 11.8 Å². The molecule has 8 heteroatoms. The Labute approximate surface area is 77.5 Å². The molecule has 0 aromatic rings. The van der Waals surface area contributed by atoms with Crippen molar-refractivity contribution in [3.8, 4) is 0 Å². The molecule has 5 nitrogen and oxygen atoms in total. The average molecular weight is 210 g/mol. The van der Waals surface area contributed by atoms with Crippen LogP contribution >= 0.6 is 0 Å². The normalized spacial score (nSPS) is 17.3. The largest absolute Gasteiger partial charge is 0.408 e. The molecule has 0 unspecified atom stereocenters. The Morgan fingerprint density at radius 1 is 1.64 bits per heavy atom. The summed E-state index contributed by atoms with van der Waals surface area (Å²) < 4.78 is 36.0. The summed E-state index contributed by atoms with van der Waals surface area (Å²) in [5.74, 6) is 0. The van der Waals surface area contributed by atoms with Crippen LogP contribution in [0.1, 0.15) is 6.92 Å². The summed E-state index contributed by atoms with van der Waals surface area (Å²) in [5.41, 5.74) is 0.110. The molecule has 14 heavy (non-hydrogen) atoms. The summed E-state index contributed by atoms with van der Waals surface area (Å²) in [6.45, 7) is -0.281. The fourth-order valence-electron chi connectivity index (χ4n) is 1.05. The van der Waals surface area contributed by atoms with Crippen LogP contribution in [0.3, 0.4) is 0 Å². The molecule has 0 N–H and O–H groups in total. The van der Waals surface area contributed by atoms with Crippen molar-refractivity contribution in [1.82, 2.24) is 10.1 Å². The monoisotopic (exact) mass is 210 g/mol. The van der Waals surface area contributed by atoms with E-state index in [4.69, 9.17) is 0 Å². The minimum absolute atomic E-state index is 0.110. The van der Waals surface area contributed by atoms with Gasteiger partial charge in [0.25, 0.3) is 0 Å². The maximum absolute atomic E-state index is 12.0. The summed E-state index contributed by atoms with van der Waals surface area (Å²) in [6.07, 6.45) is -2.02. The summed E-state index contributed by atoms with van der Waals surface area (Å²) in [6, 6.07) is 0. The number of allylic oxidation sites excluding steroid dienone is 1. The van der Waals surface area contributed by atoms with E-state index in [9.17, 15) is 23.3 Å². The van der Waals surface area contributed by atoms with E-state index in [-0.39, 0.29) is 12.2 Å². The highest BCUT2D eigenvalue weighted by Gasteiger charge is 2.39. The minimum Gasteiger partial charge on any atom is -0.233 e. The maximum atomic E-state index is 12.0. The van der Waals surface area contributed by atoms with Crippen molar-refractivity contribution in [2.45, 2.75) is 13.1 Å². The van der Waals surface area contributed by atoms with Gasteiger partial charge in [-0.2, -0.15) is 13.2 Å². The number of nitro groups is 1. The standard InChI is InChI=1S/C6H7F3N3O2/c1-5-2-3-11(12(13)14)10(5)4-6(7,8)9/h3-4H2,1H3. The topological polar surface area (TPSA) is 49.6 Å². The Morgan fingerprint density at radius 2 is 2.21 bits per heavy atom. The molecule has 0 fully saturated rings. The van der Waals surface area contributed by atoms with Gasteiger partial charge in [0.05, 0.1) is 0 Å². The Bertz CT molecular complexity index is 276. The van der Waals surface area contributed by atoms with Crippen molar-refractivity contribution >= 4 is 0 Å². The molecular formula is C6H7F3N3O2. The molecule has 0 saturated carbocycles. The van der Waals surface area contributed by atoms with E-state index < -0.39 is 17.8 Å². The van der Waals surface area contributed by atoms with E-state index in [1.165, 1.54) is 6.92 Å². The second-order valence-corrected chi connectivity index (χ2v) is 2.70. The van der Waals surface area contributed by atoms with E-state index in [2.05, 4.69) is 6.08 Å². The molecule has 0 aliphatic carbocycles.